The maximum absolute atomic E-state index is 12.6. The Labute approximate surface area is 143 Å². The van der Waals surface area contributed by atoms with Crippen LogP contribution in [0.5, 0.6) is 0 Å². The van der Waals surface area contributed by atoms with Gasteiger partial charge in [0.25, 0.3) is 0 Å². The smallest absolute Gasteiger partial charge is 0.329 e. The Bertz CT molecular complexity index is 1020. The first kappa shape index (κ1) is 17.2. The number of hydrogen-bond acceptors (Lipinski definition) is 5. The van der Waals surface area contributed by atoms with E-state index in [4.69, 9.17) is 0 Å². The van der Waals surface area contributed by atoms with Crippen LogP contribution in [0.15, 0.2) is 29.1 Å². The van der Waals surface area contributed by atoms with Gasteiger partial charge in [-0.05, 0) is 12.1 Å². The highest BCUT2D eigenvalue weighted by molar-refractivity contribution is 7.91. The number of carboxylic acid groups (broad SMARTS) is 1. The number of sulfone groups is 1. The van der Waals surface area contributed by atoms with E-state index in [1.54, 1.807) is 31.3 Å². The fraction of sp³-hybridized carbons (Fsp3) is 0.400. The van der Waals surface area contributed by atoms with Gasteiger partial charge in [-0.2, -0.15) is 0 Å². The quantitative estimate of drug-likeness (QED) is 0.747. The van der Waals surface area contributed by atoms with Crippen molar-refractivity contribution in [3.05, 3.63) is 34.7 Å². The number of benzene rings is 1. The van der Waals surface area contributed by atoms with Crippen molar-refractivity contribution in [3.8, 4) is 0 Å². The first-order valence-electron chi connectivity index (χ1n) is 7.58. The van der Waals surface area contributed by atoms with Crippen molar-refractivity contribution < 1.29 is 23.1 Å². The average molecular weight is 367 g/mol. The van der Waals surface area contributed by atoms with Gasteiger partial charge in [0, 0.05) is 13.6 Å². The van der Waals surface area contributed by atoms with Crippen LogP contribution < -0.4 is 5.69 Å². The number of amides is 1. The van der Waals surface area contributed by atoms with Crippen LogP contribution in [0.1, 0.15) is 0 Å². The highest BCUT2D eigenvalue weighted by Gasteiger charge is 2.38. The molecule has 134 valence electrons. The molecule has 1 aromatic carbocycles. The summed E-state index contributed by atoms with van der Waals surface area (Å²) in [6, 6.07) is 5.50. The number of nitrogens with zero attached hydrogens (tertiary/aromatic N) is 3. The fourth-order valence-corrected chi connectivity index (χ4v) is 4.50. The molecule has 3 rings (SSSR count). The third-order valence-electron chi connectivity index (χ3n) is 4.38. The molecule has 1 aliphatic rings. The summed E-state index contributed by atoms with van der Waals surface area (Å²) < 4.78 is 26.0. The zero-order valence-electron chi connectivity index (χ0n) is 13.5. The zero-order valence-corrected chi connectivity index (χ0v) is 14.3. The minimum absolute atomic E-state index is 0.197. The van der Waals surface area contributed by atoms with E-state index in [1.807, 2.05) is 0 Å². The van der Waals surface area contributed by atoms with Gasteiger partial charge in [0.2, 0.25) is 5.91 Å². The topological polar surface area (TPSA) is 119 Å². The van der Waals surface area contributed by atoms with E-state index in [2.05, 4.69) is 0 Å². The fourth-order valence-electron chi connectivity index (χ4n) is 3.05. The lowest BCUT2D eigenvalue weighted by Crippen LogP contribution is -2.55. The largest absolute Gasteiger partial charge is 0.480 e. The molecule has 1 aliphatic heterocycles. The molecule has 1 atom stereocenters. The molecule has 1 amide bonds. The van der Waals surface area contributed by atoms with Gasteiger partial charge in [0.1, 0.15) is 12.6 Å². The monoisotopic (exact) mass is 367 g/mol. The van der Waals surface area contributed by atoms with E-state index in [9.17, 15) is 27.9 Å². The summed E-state index contributed by atoms with van der Waals surface area (Å²) in [5.74, 6) is -2.87. The Hall–Kier alpha value is -2.62. The summed E-state index contributed by atoms with van der Waals surface area (Å²) in [7, 11) is -1.92. The number of aromatic nitrogens is 2. The molecule has 25 heavy (non-hydrogen) atoms. The summed E-state index contributed by atoms with van der Waals surface area (Å²) >= 11 is 0. The standard InChI is InChI=1S/C15H17N3O6S/c1-16-10-4-2-3-5-11(10)18(15(16)22)8-13(19)17-6-7-25(23,24)9-12(17)14(20)21/h2-5,12H,6-9H2,1H3,(H,20,21). The number of carbonyl (C=O) groups excluding carboxylic acids is 1. The molecular formula is C15H17N3O6S. The van der Waals surface area contributed by atoms with Crippen molar-refractivity contribution in [3.63, 3.8) is 0 Å². The maximum atomic E-state index is 12.6. The predicted molar refractivity (Wildman–Crippen MR) is 89.0 cm³/mol. The number of aliphatic carboxylic acids is 1. The number of fused-ring (bicyclic) bond motifs is 1. The molecule has 0 saturated carbocycles. The van der Waals surface area contributed by atoms with Crippen molar-refractivity contribution in [2.45, 2.75) is 12.6 Å². The molecule has 0 bridgehead atoms. The molecule has 2 aromatic rings. The molecule has 1 fully saturated rings. The average Bonchev–Trinajstić information content (AvgIpc) is 2.79. The molecule has 0 aliphatic carbocycles. The molecule has 1 saturated heterocycles. The third kappa shape index (κ3) is 3.04. The Morgan fingerprint density at radius 1 is 1.24 bits per heavy atom. The van der Waals surface area contributed by atoms with Crippen LogP contribution in [-0.4, -0.2) is 63.5 Å². The molecular weight excluding hydrogens is 350 g/mol. The molecule has 10 heteroatoms. The maximum Gasteiger partial charge on any atom is 0.329 e. The van der Waals surface area contributed by atoms with Crippen molar-refractivity contribution >= 4 is 32.7 Å². The number of imidazole rings is 1. The van der Waals surface area contributed by atoms with Crippen molar-refractivity contribution in [2.75, 3.05) is 18.1 Å². The van der Waals surface area contributed by atoms with E-state index in [-0.39, 0.29) is 18.8 Å². The van der Waals surface area contributed by atoms with Crippen LogP contribution in [0, 0.1) is 0 Å². The minimum atomic E-state index is -3.50. The number of para-hydroxylation sites is 2. The van der Waals surface area contributed by atoms with Gasteiger partial charge < -0.3 is 10.0 Å². The van der Waals surface area contributed by atoms with E-state index in [1.165, 1.54) is 9.13 Å². The molecule has 1 N–H and O–H groups in total. The van der Waals surface area contributed by atoms with Crippen molar-refractivity contribution in [1.29, 1.82) is 0 Å². The number of carbonyl (C=O) groups is 2. The lowest BCUT2D eigenvalue weighted by molar-refractivity contribution is -0.149. The van der Waals surface area contributed by atoms with E-state index in [0.29, 0.717) is 11.0 Å². The van der Waals surface area contributed by atoms with Gasteiger partial charge in [-0.15, -0.1) is 0 Å². The van der Waals surface area contributed by atoms with E-state index >= 15 is 0 Å². The van der Waals surface area contributed by atoms with Crippen molar-refractivity contribution in [1.82, 2.24) is 14.0 Å². The summed E-state index contributed by atoms with van der Waals surface area (Å²) in [6.07, 6.45) is 0. The molecule has 1 aromatic heterocycles. The van der Waals surface area contributed by atoms with E-state index in [0.717, 1.165) is 4.90 Å². The van der Waals surface area contributed by atoms with Gasteiger partial charge in [-0.3, -0.25) is 13.9 Å². The number of rotatable bonds is 3. The predicted octanol–water partition coefficient (Wildman–Crippen LogP) is -0.950. The van der Waals surface area contributed by atoms with Crippen LogP contribution in [0.4, 0.5) is 0 Å². The third-order valence-corrected chi connectivity index (χ3v) is 6.01. The Balaban J connectivity index is 1.94. The molecule has 9 nitrogen and oxygen atoms in total. The summed E-state index contributed by atoms with van der Waals surface area (Å²) in [6.45, 7) is -0.540. The van der Waals surface area contributed by atoms with Gasteiger partial charge >= 0.3 is 11.7 Å². The minimum Gasteiger partial charge on any atom is -0.480 e. The molecule has 2 heterocycles. The van der Waals surface area contributed by atoms with E-state index < -0.39 is 39.2 Å². The Morgan fingerprint density at radius 3 is 2.52 bits per heavy atom. The first-order valence-corrected chi connectivity index (χ1v) is 9.40. The number of aryl methyl sites for hydroxylation is 1. The second-order valence-electron chi connectivity index (χ2n) is 5.97. The van der Waals surface area contributed by atoms with Crippen LogP contribution >= 0.6 is 0 Å². The lowest BCUT2D eigenvalue weighted by atomic mass is 10.2. The second-order valence-corrected chi connectivity index (χ2v) is 8.20. The Kier molecular flexibility index (Phi) is 4.15. The molecule has 0 spiro atoms. The zero-order chi connectivity index (χ0) is 18.4. The van der Waals surface area contributed by atoms with Crippen LogP contribution in [0.25, 0.3) is 11.0 Å². The lowest BCUT2D eigenvalue weighted by Gasteiger charge is -2.32. The van der Waals surface area contributed by atoms with Gasteiger partial charge in [0.05, 0.1) is 22.5 Å². The second kappa shape index (κ2) is 6.03. The first-order chi connectivity index (χ1) is 11.7. The number of carboxylic acids is 1. The van der Waals surface area contributed by atoms with Crippen LogP contribution in [-0.2, 0) is 33.0 Å². The molecule has 0 radical (unpaired) electrons. The highest BCUT2D eigenvalue weighted by Crippen LogP contribution is 2.15. The summed E-state index contributed by atoms with van der Waals surface area (Å²) in [5.41, 5.74) is 0.808. The summed E-state index contributed by atoms with van der Waals surface area (Å²) in [4.78, 5) is 37.4. The van der Waals surface area contributed by atoms with Crippen molar-refractivity contribution in [2.24, 2.45) is 7.05 Å². The number of hydrogen-bond donors (Lipinski definition) is 1. The van der Waals surface area contributed by atoms with Gasteiger partial charge in [-0.25, -0.2) is 18.0 Å². The van der Waals surface area contributed by atoms with Crippen LogP contribution in [0.2, 0.25) is 0 Å². The normalized spacial score (nSPS) is 19.9. The molecule has 1 unspecified atom stereocenters. The Morgan fingerprint density at radius 2 is 1.88 bits per heavy atom. The van der Waals surface area contributed by atoms with Crippen LogP contribution in [0.3, 0.4) is 0 Å². The van der Waals surface area contributed by atoms with Gasteiger partial charge in [0.15, 0.2) is 9.84 Å². The SMILES string of the molecule is Cn1c(=O)n(CC(=O)N2CCS(=O)(=O)CC2C(=O)O)c2ccccc21. The van der Waals surface area contributed by atoms with Gasteiger partial charge in [-0.1, -0.05) is 12.1 Å². The highest BCUT2D eigenvalue weighted by atomic mass is 32.2. The summed E-state index contributed by atoms with van der Waals surface area (Å²) in [5, 5.41) is 9.26.